The van der Waals surface area contributed by atoms with E-state index in [4.69, 9.17) is 9.78 Å². The molecule has 0 saturated carbocycles. The minimum absolute atomic E-state index is 0.523. The van der Waals surface area contributed by atoms with Gasteiger partial charge in [0.1, 0.15) is 6.26 Å². The third-order valence-corrected chi connectivity index (χ3v) is 2.22. The summed E-state index contributed by atoms with van der Waals surface area (Å²) in [6, 6.07) is 27.2. The van der Waals surface area contributed by atoms with Crippen LogP contribution < -0.4 is 0 Å². The zero-order valence-corrected chi connectivity index (χ0v) is 12.4. The van der Waals surface area contributed by atoms with Gasteiger partial charge in [-0.25, -0.2) is 0 Å². The van der Waals surface area contributed by atoms with Crippen molar-refractivity contribution < 1.29 is 4.52 Å². The van der Waals surface area contributed by atoms with Gasteiger partial charge in [0.2, 0.25) is 0 Å². The van der Waals surface area contributed by atoms with Crippen molar-refractivity contribution in [1.29, 1.82) is 5.26 Å². The van der Waals surface area contributed by atoms with E-state index in [0.29, 0.717) is 5.56 Å². The highest BCUT2D eigenvalue weighted by Gasteiger charge is 1.77. The van der Waals surface area contributed by atoms with Gasteiger partial charge in [-0.3, -0.25) is 0 Å². The predicted molar refractivity (Wildman–Crippen MR) is 87.3 cm³/mol. The number of rotatable bonds is 0. The highest BCUT2D eigenvalue weighted by atomic mass is 16.5. The average molecular weight is 304 g/mol. The average Bonchev–Trinajstić information content (AvgIpc) is 2.57. The minimum Gasteiger partial charge on any atom is -0.346 e. The van der Waals surface area contributed by atoms with Crippen molar-refractivity contribution in [3.8, 4) is 6.07 Å². The van der Waals surface area contributed by atoms with Crippen LogP contribution in [0, 0.1) is 11.3 Å². The van der Waals surface area contributed by atoms with Gasteiger partial charge in [0.25, 0.3) is 0 Å². The van der Waals surface area contributed by atoms with E-state index in [-0.39, 0.29) is 0 Å². The number of aromatic nitrogens is 3. The lowest BCUT2D eigenvalue weighted by molar-refractivity contribution is 0.356. The molecule has 0 fully saturated rings. The van der Waals surface area contributed by atoms with Crippen LogP contribution in [-0.4, -0.2) is 15.6 Å². The van der Waals surface area contributed by atoms with Gasteiger partial charge in [-0.15, -0.1) is 5.10 Å². The van der Waals surface area contributed by atoms with Crippen LogP contribution in [0.1, 0.15) is 5.56 Å². The molecule has 0 saturated heterocycles. The number of nitrogens with zero attached hydrogens (tertiary/aromatic N) is 4. The molecule has 5 heteroatoms. The molecule has 1 aromatic rings. The standard InChI is InChI=1S/C18H16N4O/c19-17-18-13-9-7-5-3-1-2-4-6-8-12-16-23-22-21-20-15-11-10-14-18/h1-16H. The van der Waals surface area contributed by atoms with E-state index in [9.17, 15) is 0 Å². The van der Waals surface area contributed by atoms with Crippen LogP contribution in [0.3, 0.4) is 0 Å². The van der Waals surface area contributed by atoms with Crippen LogP contribution in [0.4, 0.5) is 0 Å². The maximum atomic E-state index is 8.98. The molecule has 0 amide bonds. The molecule has 0 radical (unpaired) electrons. The molecule has 114 valence electrons. The van der Waals surface area contributed by atoms with Gasteiger partial charge >= 0.3 is 0 Å². The molecule has 0 aliphatic heterocycles. The highest BCUT2D eigenvalue weighted by Crippen LogP contribution is 1.89. The Labute approximate surface area is 135 Å². The zero-order valence-electron chi connectivity index (χ0n) is 12.4. The van der Waals surface area contributed by atoms with Crippen molar-refractivity contribution in [2.24, 2.45) is 0 Å². The molecule has 1 heterocycles. The SMILES string of the molecule is N#Cc1cccccccccccconnncccc1. The summed E-state index contributed by atoms with van der Waals surface area (Å²) in [7, 11) is 0. The molecule has 0 N–H and O–H groups in total. The number of hydrogen-bond acceptors (Lipinski definition) is 5. The third-order valence-electron chi connectivity index (χ3n) is 2.22. The monoisotopic (exact) mass is 304 g/mol. The molecule has 0 aliphatic carbocycles. The molecule has 0 atom stereocenters. The molecule has 0 spiro atoms. The maximum Gasteiger partial charge on any atom is 0.124 e. The van der Waals surface area contributed by atoms with Gasteiger partial charge < -0.3 is 4.52 Å². The Kier molecular flexibility index (Phi) is 10.3. The summed E-state index contributed by atoms with van der Waals surface area (Å²) in [4.78, 5) is 0. The van der Waals surface area contributed by atoms with E-state index in [1.54, 1.807) is 42.5 Å². The summed E-state index contributed by atoms with van der Waals surface area (Å²) >= 11 is 0. The number of nitriles is 1. The van der Waals surface area contributed by atoms with Crippen molar-refractivity contribution in [2.45, 2.75) is 0 Å². The van der Waals surface area contributed by atoms with Crippen LogP contribution in [-0.2, 0) is 0 Å². The lowest BCUT2D eigenvalue weighted by Crippen LogP contribution is -1.74. The molecule has 0 aromatic carbocycles. The Morgan fingerprint density at radius 2 is 1.30 bits per heavy atom. The Morgan fingerprint density at radius 1 is 0.739 bits per heavy atom. The first-order chi connectivity index (χ1) is 11.4. The molecule has 5 nitrogen and oxygen atoms in total. The zero-order chi connectivity index (χ0) is 16.4. The van der Waals surface area contributed by atoms with E-state index < -0.39 is 0 Å². The minimum atomic E-state index is 0.523. The van der Waals surface area contributed by atoms with Crippen molar-refractivity contribution in [2.75, 3.05) is 0 Å². The fraction of sp³-hybridized carbons (Fsp3) is 0. The third kappa shape index (κ3) is 10.9. The van der Waals surface area contributed by atoms with E-state index >= 15 is 0 Å². The number of hydrogen-bond donors (Lipinski definition) is 0. The maximum absolute atomic E-state index is 8.98. The van der Waals surface area contributed by atoms with Crippen LogP contribution >= 0.6 is 0 Å². The topological polar surface area (TPSA) is 75.6 Å². The van der Waals surface area contributed by atoms with Crippen LogP contribution in [0.25, 0.3) is 0 Å². The molecule has 1 aromatic heterocycles. The van der Waals surface area contributed by atoms with Crippen LogP contribution in [0.5, 0.6) is 0 Å². The van der Waals surface area contributed by atoms with Gasteiger partial charge in [-0.2, -0.15) is 5.26 Å². The van der Waals surface area contributed by atoms with Gasteiger partial charge in [0.15, 0.2) is 0 Å². The van der Waals surface area contributed by atoms with Gasteiger partial charge in [-0.05, 0) is 29.5 Å². The second-order valence-corrected chi connectivity index (χ2v) is 3.89. The van der Waals surface area contributed by atoms with Gasteiger partial charge in [0, 0.05) is 0 Å². The molecule has 0 bridgehead atoms. The Morgan fingerprint density at radius 3 is 1.96 bits per heavy atom. The van der Waals surface area contributed by atoms with Gasteiger partial charge in [-0.1, -0.05) is 60.7 Å². The second kappa shape index (κ2) is 13.5. The molecular formula is C18H16N4O. The smallest absolute Gasteiger partial charge is 0.124 e. The summed E-state index contributed by atoms with van der Waals surface area (Å²) < 4.78 is 4.74. The van der Waals surface area contributed by atoms with E-state index in [2.05, 4.69) is 21.7 Å². The van der Waals surface area contributed by atoms with E-state index in [1.165, 1.54) is 12.5 Å². The van der Waals surface area contributed by atoms with Crippen molar-refractivity contribution >= 4 is 0 Å². The van der Waals surface area contributed by atoms with Crippen molar-refractivity contribution in [3.63, 3.8) is 0 Å². The first-order valence-electron chi connectivity index (χ1n) is 6.79. The molecule has 0 unspecified atom stereocenters. The summed E-state index contributed by atoms with van der Waals surface area (Å²) in [6.45, 7) is 0. The first-order valence-corrected chi connectivity index (χ1v) is 6.79. The summed E-state index contributed by atoms with van der Waals surface area (Å²) in [5, 5.41) is 19.4. The Bertz CT molecular complexity index is 680. The lowest BCUT2D eigenvalue weighted by atomic mass is 10.3. The van der Waals surface area contributed by atoms with E-state index in [0.717, 1.165) is 0 Å². The highest BCUT2D eigenvalue weighted by molar-refractivity contribution is 5.25. The summed E-state index contributed by atoms with van der Waals surface area (Å²) in [5.41, 5.74) is 0.523. The fourth-order valence-electron chi connectivity index (χ4n) is 1.23. The fourth-order valence-corrected chi connectivity index (χ4v) is 1.23. The largest absolute Gasteiger partial charge is 0.346 e. The lowest BCUT2D eigenvalue weighted by Gasteiger charge is -1.76. The van der Waals surface area contributed by atoms with Gasteiger partial charge in [0.05, 0.1) is 23.1 Å². The van der Waals surface area contributed by atoms with Crippen LogP contribution in [0.2, 0.25) is 0 Å². The summed E-state index contributed by atoms with van der Waals surface area (Å²) in [5.74, 6) is 0. The quantitative estimate of drug-likeness (QED) is 0.728. The first kappa shape index (κ1) is 17.5. The Hall–Kier alpha value is -3.52. The molecular weight excluding hydrogens is 288 g/mol. The molecule has 1 rings (SSSR count). The molecule has 23 heavy (non-hydrogen) atoms. The van der Waals surface area contributed by atoms with Crippen molar-refractivity contribution in [3.05, 3.63) is 103 Å². The van der Waals surface area contributed by atoms with Crippen molar-refractivity contribution in [1.82, 2.24) is 15.6 Å². The van der Waals surface area contributed by atoms with E-state index in [1.807, 2.05) is 42.5 Å². The Balaban J connectivity index is 3.18. The molecule has 0 aliphatic rings. The normalized spacial score (nSPS) is 7.96. The predicted octanol–water partition coefficient (Wildman–Crippen LogP) is 3.83. The second-order valence-electron chi connectivity index (χ2n) is 3.89. The van der Waals surface area contributed by atoms with Crippen LogP contribution in [0.15, 0.2) is 102 Å². The summed E-state index contributed by atoms with van der Waals surface area (Å²) in [6.07, 6.45) is 2.82.